The van der Waals surface area contributed by atoms with Gasteiger partial charge in [-0.2, -0.15) is 13.2 Å². The van der Waals surface area contributed by atoms with E-state index in [9.17, 15) is 13.2 Å². The molecule has 1 heterocycles. The molecule has 2 unspecified atom stereocenters. The Morgan fingerprint density at radius 3 is 2.24 bits per heavy atom. The number of halogens is 3. The molecule has 0 N–H and O–H groups in total. The smallest absolute Gasteiger partial charge is 0.346 e. The van der Waals surface area contributed by atoms with E-state index in [0.717, 1.165) is 11.1 Å². The fraction of sp³-hybridized carbons (Fsp3) is 0.176. The molecule has 2 aromatic carbocycles. The lowest BCUT2D eigenvalue weighted by Crippen LogP contribution is -2.18. The van der Waals surface area contributed by atoms with Crippen molar-refractivity contribution in [3.05, 3.63) is 60.2 Å². The Kier molecular flexibility index (Phi) is 3.44. The van der Waals surface area contributed by atoms with Crippen molar-refractivity contribution in [3.63, 3.8) is 0 Å². The second-order valence-electron chi connectivity index (χ2n) is 4.70. The maximum atomic E-state index is 12.4. The van der Waals surface area contributed by atoms with Crippen LogP contribution in [0.3, 0.4) is 0 Å². The summed E-state index contributed by atoms with van der Waals surface area (Å²) in [5.74, 6) is 5.35. The topological polar surface area (TPSA) is 12.5 Å². The molecule has 0 radical (unpaired) electrons. The van der Waals surface area contributed by atoms with Crippen molar-refractivity contribution < 1.29 is 17.9 Å². The molecule has 1 nitrogen and oxygen atoms in total. The Hall–Kier alpha value is -2.25. The highest BCUT2D eigenvalue weighted by atomic mass is 19.4. The van der Waals surface area contributed by atoms with Crippen molar-refractivity contribution in [1.29, 1.82) is 0 Å². The molecule has 0 saturated carbocycles. The van der Waals surface area contributed by atoms with E-state index in [-0.39, 0.29) is 0 Å². The maximum absolute atomic E-state index is 12.4. The Morgan fingerprint density at radius 1 is 0.905 bits per heavy atom. The Labute approximate surface area is 120 Å². The molecule has 3 rings (SSSR count). The quantitative estimate of drug-likeness (QED) is 0.570. The first kappa shape index (κ1) is 13.7. The molecule has 1 fully saturated rings. The van der Waals surface area contributed by atoms with Gasteiger partial charge >= 0.3 is 6.18 Å². The highest BCUT2D eigenvalue weighted by molar-refractivity contribution is 5.71. The fourth-order valence-electron chi connectivity index (χ4n) is 2.08. The number of rotatable bonds is 1. The van der Waals surface area contributed by atoms with Crippen LogP contribution in [0.25, 0.3) is 11.1 Å². The van der Waals surface area contributed by atoms with Crippen LogP contribution >= 0.6 is 0 Å². The lowest BCUT2D eigenvalue weighted by molar-refractivity contribution is -0.146. The highest BCUT2D eigenvalue weighted by Crippen LogP contribution is 2.37. The first-order valence-electron chi connectivity index (χ1n) is 6.44. The minimum absolute atomic E-state index is 0.695. The van der Waals surface area contributed by atoms with Crippen LogP contribution in [0.4, 0.5) is 13.2 Å². The number of ether oxygens (including phenoxy) is 1. The van der Waals surface area contributed by atoms with Crippen LogP contribution in [0.15, 0.2) is 54.6 Å². The molecule has 0 aromatic heterocycles. The molecule has 1 aliphatic heterocycles. The first-order chi connectivity index (χ1) is 10.1. The van der Waals surface area contributed by atoms with Gasteiger partial charge in [0.25, 0.3) is 0 Å². The molecule has 0 spiro atoms. The third-order valence-corrected chi connectivity index (χ3v) is 3.18. The Balaban J connectivity index is 1.86. The largest absolute Gasteiger partial charge is 0.418 e. The highest BCUT2D eigenvalue weighted by Gasteiger charge is 2.57. The summed E-state index contributed by atoms with van der Waals surface area (Å²) >= 11 is 0. The van der Waals surface area contributed by atoms with Gasteiger partial charge in [-0.3, -0.25) is 0 Å². The van der Waals surface area contributed by atoms with Gasteiger partial charge in [0.05, 0.1) is 0 Å². The summed E-state index contributed by atoms with van der Waals surface area (Å²) in [6.45, 7) is 0. The third-order valence-electron chi connectivity index (χ3n) is 3.18. The zero-order valence-corrected chi connectivity index (χ0v) is 10.9. The summed E-state index contributed by atoms with van der Waals surface area (Å²) in [6, 6.07) is 17.0. The Bertz CT molecular complexity index is 695. The standard InChI is InChI=1S/C17H11F3O/c18-17(19,20)16-15(21-16)11-10-13-8-4-5-9-14(13)12-6-2-1-3-7-12/h1-9,15-16H. The van der Waals surface area contributed by atoms with Gasteiger partial charge in [-0.1, -0.05) is 60.4 Å². The van der Waals surface area contributed by atoms with E-state index in [4.69, 9.17) is 0 Å². The van der Waals surface area contributed by atoms with Gasteiger partial charge < -0.3 is 4.74 Å². The monoisotopic (exact) mass is 288 g/mol. The van der Waals surface area contributed by atoms with Crippen molar-refractivity contribution in [2.75, 3.05) is 0 Å². The summed E-state index contributed by atoms with van der Waals surface area (Å²) in [4.78, 5) is 0. The third kappa shape index (κ3) is 3.09. The van der Waals surface area contributed by atoms with E-state index < -0.39 is 18.4 Å². The summed E-state index contributed by atoms with van der Waals surface area (Å²) in [6.07, 6.45) is -7.12. The summed E-state index contributed by atoms with van der Waals surface area (Å²) in [7, 11) is 0. The van der Waals surface area contributed by atoms with Crippen LogP contribution in [-0.2, 0) is 4.74 Å². The van der Waals surface area contributed by atoms with Crippen LogP contribution in [-0.4, -0.2) is 18.4 Å². The summed E-state index contributed by atoms with van der Waals surface area (Å²) < 4.78 is 41.7. The molecule has 106 valence electrons. The van der Waals surface area contributed by atoms with E-state index in [2.05, 4.69) is 16.6 Å². The van der Waals surface area contributed by atoms with E-state index >= 15 is 0 Å². The van der Waals surface area contributed by atoms with Crippen molar-refractivity contribution in [2.24, 2.45) is 0 Å². The lowest BCUT2D eigenvalue weighted by Gasteiger charge is -2.04. The molecule has 0 amide bonds. The summed E-state index contributed by atoms with van der Waals surface area (Å²) in [5, 5.41) is 0. The fourth-order valence-corrected chi connectivity index (χ4v) is 2.08. The minimum atomic E-state index is -4.34. The van der Waals surface area contributed by atoms with Crippen LogP contribution in [0.2, 0.25) is 0 Å². The van der Waals surface area contributed by atoms with Gasteiger partial charge in [0.2, 0.25) is 0 Å². The second-order valence-corrected chi connectivity index (χ2v) is 4.70. The minimum Gasteiger partial charge on any atom is -0.346 e. The van der Waals surface area contributed by atoms with Crippen molar-refractivity contribution in [3.8, 4) is 23.0 Å². The van der Waals surface area contributed by atoms with Crippen molar-refractivity contribution in [1.82, 2.24) is 0 Å². The molecule has 1 saturated heterocycles. The first-order valence-corrected chi connectivity index (χ1v) is 6.44. The number of hydrogen-bond donors (Lipinski definition) is 0. The molecule has 0 aliphatic carbocycles. The van der Waals surface area contributed by atoms with Gasteiger partial charge in [0.15, 0.2) is 12.2 Å². The van der Waals surface area contributed by atoms with Crippen molar-refractivity contribution >= 4 is 0 Å². The molecule has 2 aromatic rings. The van der Waals surface area contributed by atoms with Crippen LogP contribution in [0.1, 0.15) is 5.56 Å². The second kappa shape index (κ2) is 5.27. The normalized spacial score (nSPS) is 20.5. The van der Waals surface area contributed by atoms with Gasteiger partial charge in [0, 0.05) is 5.56 Å². The Morgan fingerprint density at radius 2 is 1.57 bits per heavy atom. The molecular formula is C17H11F3O. The number of alkyl halides is 3. The molecule has 2 atom stereocenters. The lowest BCUT2D eigenvalue weighted by atomic mass is 10.00. The molecule has 4 heteroatoms. The van der Waals surface area contributed by atoms with E-state index in [1.54, 1.807) is 6.07 Å². The SMILES string of the molecule is FC(F)(F)C1OC1C#Cc1ccccc1-c1ccccc1. The average Bonchev–Trinajstić information content (AvgIpc) is 3.26. The predicted octanol–water partition coefficient (Wildman–Crippen LogP) is 4.03. The van der Waals surface area contributed by atoms with Gasteiger partial charge in [-0.15, -0.1) is 0 Å². The number of epoxide rings is 1. The number of benzene rings is 2. The van der Waals surface area contributed by atoms with Gasteiger partial charge in [-0.25, -0.2) is 0 Å². The van der Waals surface area contributed by atoms with E-state index in [1.165, 1.54) is 0 Å². The molecule has 21 heavy (non-hydrogen) atoms. The van der Waals surface area contributed by atoms with Gasteiger partial charge in [-0.05, 0) is 17.2 Å². The summed E-state index contributed by atoms with van der Waals surface area (Å²) in [5.41, 5.74) is 2.57. The van der Waals surface area contributed by atoms with Gasteiger partial charge in [0.1, 0.15) is 0 Å². The van der Waals surface area contributed by atoms with Crippen LogP contribution in [0, 0.1) is 11.8 Å². The zero-order chi connectivity index (χ0) is 14.9. The van der Waals surface area contributed by atoms with Crippen LogP contribution in [0.5, 0.6) is 0 Å². The maximum Gasteiger partial charge on any atom is 0.418 e. The molecular weight excluding hydrogens is 277 g/mol. The number of hydrogen-bond acceptors (Lipinski definition) is 1. The van der Waals surface area contributed by atoms with E-state index in [1.807, 2.05) is 48.5 Å². The van der Waals surface area contributed by atoms with Crippen LogP contribution < -0.4 is 0 Å². The zero-order valence-electron chi connectivity index (χ0n) is 10.9. The average molecular weight is 288 g/mol. The molecule has 0 bridgehead atoms. The predicted molar refractivity (Wildman–Crippen MR) is 73.5 cm³/mol. The molecule has 1 aliphatic rings. The van der Waals surface area contributed by atoms with Crippen molar-refractivity contribution in [2.45, 2.75) is 18.4 Å². The van der Waals surface area contributed by atoms with E-state index in [0.29, 0.717) is 5.56 Å².